The third kappa shape index (κ3) is 4.42. The van der Waals surface area contributed by atoms with E-state index in [9.17, 15) is 24.3 Å². The van der Waals surface area contributed by atoms with Crippen molar-refractivity contribution in [1.29, 1.82) is 0 Å². The fraction of sp³-hybridized carbons (Fsp3) is 0.636. The summed E-state index contributed by atoms with van der Waals surface area (Å²) in [5.74, 6) is -6.26. The largest absolute Gasteiger partial charge is 0.393 e. The van der Waals surface area contributed by atoms with Gasteiger partial charge in [-0.3, -0.25) is 14.4 Å². The minimum absolute atomic E-state index is 0.0731. The van der Waals surface area contributed by atoms with E-state index in [1.807, 2.05) is 0 Å². The summed E-state index contributed by atoms with van der Waals surface area (Å²) in [5.41, 5.74) is 0. The quantitative estimate of drug-likeness (QED) is 0.383. The molecule has 0 amide bonds. The van der Waals surface area contributed by atoms with Gasteiger partial charge in [0, 0.05) is 26.4 Å². The number of carbonyl (C=O) groups excluding carboxylic acids is 4. The zero-order valence-corrected chi connectivity index (χ0v) is 10.3. The average Bonchev–Trinajstić information content (AvgIpc) is 2.34. The van der Waals surface area contributed by atoms with E-state index in [2.05, 4.69) is 14.2 Å². The first-order valence-corrected chi connectivity index (χ1v) is 5.63. The van der Waals surface area contributed by atoms with Gasteiger partial charge in [0.15, 0.2) is 0 Å². The number of aliphatic hydroxyl groups is 1. The van der Waals surface area contributed by atoms with Crippen LogP contribution in [-0.2, 0) is 33.4 Å². The summed E-state index contributed by atoms with van der Waals surface area (Å²) in [6.45, 7) is 0. The summed E-state index contributed by atoms with van der Waals surface area (Å²) in [6, 6.07) is 0. The van der Waals surface area contributed by atoms with Crippen LogP contribution in [-0.4, -0.2) is 41.9 Å². The molecular weight excluding hydrogens is 260 g/mol. The van der Waals surface area contributed by atoms with E-state index >= 15 is 0 Å². The minimum Gasteiger partial charge on any atom is -0.393 e. The van der Waals surface area contributed by atoms with E-state index in [0.29, 0.717) is 0 Å². The standard InChI is InChI=1S/C11H14O8/c1-17-11(16)6-5-9(14)18-7(12)3-2-4-8(13)19-10(11)15/h16H,2-6H2,1H3. The molecule has 8 nitrogen and oxygen atoms in total. The molecule has 1 rings (SSSR count). The van der Waals surface area contributed by atoms with Gasteiger partial charge in [-0.25, -0.2) is 4.79 Å². The second kappa shape index (κ2) is 6.39. The van der Waals surface area contributed by atoms with Crippen molar-refractivity contribution in [1.82, 2.24) is 0 Å². The molecule has 1 fully saturated rings. The molecule has 8 heteroatoms. The van der Waals surface area contributed by atoms with Crippen LogP contribution in [0.25, 0.3) is 0 Å². The zero-order valence-electron chi connectivity index (χ0n) is 10.3. The Morgan fingerprint density at radius 2 is 1.53 bits per heavy atom. The molecular formula is C11H14O8. The van der Waals surface area contributed by atoms with Gasteiger partial charge in [-0.15, -0.1) is 0 Å². The van der Waals surface area contributed by atoms with Crippen LogP contribution in [0.15, 0.2) is 0 Å². The zero-order chi connectivity index (χ0) is 14.5. The Bertz CT molecular complexity index is 399. The molecule has 1 N–H and O–H groups in total. The Hall–Kier alpha value is -1.80. The first-order valence-electron chi connectivity index (χ1n) is 5.63. The second-order valence-electron chi connectivity index (χ2n) is 3.95. The van der Waals surface area contributed by atoms with Crippen molar-refractivity contribution in [3.05, 3.63) is 0 Å². The molecule has 1 aliphatic heterocycles. The van der Waals surface area contributed by atoms with Crippen LogP contribution in [0.2, 0.25) is 0 Å². The van der Waals surface area contributed by atoms with E-state index in [0.717, 1.165) is 7.11 Å². The molecule has 19 heavy (non-hydrogen) atoms. The highest BCUT2D eigenvalue weighted by Crippen LogP contribution is 2.18. The predicted octanol–water partition coefficient (Wildman–Crippen LogP) is -0.575. The first kappa shape index (κ1) is 15.3. The van der Waals surface area contributed by atoms with Gasteiger partial charge in [0.25, 0.3) is 5.79 Å². The van der Waals surface area contributed by atoms with Gasteiger partial charge in [0.2, 0.25) is 0 Å². The van der Waals surface area contributed by atoms with Crippen LogP contribution in [0.4, 0.5) is 0 Å². The molecule has 0 spiro atoms. The van der Waals surface area contributed by atoms with Crippen LogP contribution < -0.4 is 0 Å². The molecule has 0 saturated carbocycles. The van der Waals surface area contributed by atoms with Gasteiger partial charge < -0.3 is 19.3 Å². The van der Waals surface area contributed by atoms with E-state index in [1.165, 1.54) is 0 Å². The predicted molar refractivity (Wildman–Crippen MR) is 57.2 cm³/mol. The van der Waals surface area contributed by atoms with E-state index in [1.54, 1.807) is 0 Å². The van der Waals surface area contributed by atoms with E-state index in [4.69, 9.17) is 0 Å². The third-order valence-corrected chi connectivity index (χ3v) is 2.52. The number of esters is 4. The maximum atomic E-state index is 11.5. The topological polar surface area (TPSA) is 116 Å². The molecule has 0 aliphatic carbocycles. The molecule has 0 aromatic carbocycles. The lowest BCUT2D eigenvalue weighted by molar-refractivity contribution is -0.222. The highest BCUT2D eigenvalue weighted by atomic mass is 16.7. The number of carbonyl (C=O) groups is 4. The average molecular weight is 274 g/mol. The van der Waals surface area contributed by atoms with E-state index in [-0.39, 0.29) is 19.3 Å². The van der Waals surface area contributed by atoms with E-state index < -0.39 is 42.5 Å². The number of cyclic esters (lactones) is 4. The maximum Gasteiger partial charge on any atom is 0.374 e. The smallest absolute Gasteiger partial charge is 0.374 e. The number of hydrogen-bond acceptors (Lipinski definition) is 8. The summed E-state index contributed by atoms with van der Waals surface area (Å²) < 4.78 is 13.4. The Morgan fingerprint density at radius 3 is 2.11 bits per heavy atom. The minimum atomic E-state index is -2.42. The number of ether oxygens (including phenoxy) is 3. The van der Waals surface area contributed by atoms with Crippen molar-refractivity contribution in [2.75, 3.05) is 7.11 Å². The van der Waals surface area contributed by atoms with Crippen LogP contribution in [0.3, 0.4) is 0 Å². The Kier molecular flexibility index (Phi) is 5.13. The molecule has 1 heterocycles. The lowest BCUT2D eigenvalue weighted by Gasteiger charge is -2.23. The second-order valence-corrected chi connectivity index (χ2v) is 3.95. The van der Waals surface area contributed by atoms with Crippen molar-refractivity contribution in [3.8, 4) is 0 Å². The summed E-state index contributed by atoms with van der Waals surface area (Å²) >= 11 is 0. The molecule has 0 radical (unpaired) electrons. The van der Waals surface area contributed by atoms with Crippen molar-refractivity contribution >= 4 is 23.9 Å². The molecule has 0 aromatic heterocycles. The Balaban J connectivity index is 2.82. The normalized spacial score (nSPS) is 27.1. The third-order valence-electron chi connectivity index (χ3n) is 2.52. The van der Waals surface area contributed by atoms with Crippen molar-refractivity contribution in [2.24, 2.45) is 0 Å². The van der Waals surface area contributed by atoms with Gasteiger partial charge in [0.1, 0.15) is 0 Å². The highest BCUT2D eigenvalue weighted by Gasteiger charge is 2.40. The summed E-state index contributed by atoms with van der Waals surface area (Å²) in [6.07, 6.45) is -1.19. The summed E-state index contributed by atoms with van der Waals surface area (Å²) in [5, 5.41) is 9.79. The molecule has 1 atom stereocenters. The van der Waals surface area contributed by atoms with Crippen molar-refractivity contribution in [2.45, 2.75) is 37.9 Å². The lowest BCUT2D eigenvalue weighted by atomic mass is 10.1. The molecule has 1 aliphatic rings. The van der Waals surface area contributed by atoms with Gasteiger partial charge in [-0.1, -0.05) is 0 Å². The number of rotatable bonds is 1. The van der Waals surface area contributed by atoms with Crippen LogP contribution >= 0.6 is 0 Å². The lowest BCUT2D eigenvalue weighted by Crippen LogP contribution is -2.43. The molecule has 0 bridgehead atoms. The van der Waals surface area contributed by atoms with Crippen LogP contribution in [0, 0.1) is 0 Å². The monoisotopic (exact) mass is 274 g/mol. The fourth-order valence-corrected chi connectivity index (χ4v) is 1.40. The van der Waals surface area contributed by atoms with Crippen LogP contribution in [0.1, 0.15) is 32.1 Å². The summed E-state index contributed by atoms with van der Waals surface area (Å²) in [7, 11) is 1.02. The molecule has 1 saturated heterocycles. The van der Waals surface area contributed by atoms with Gasteiger partial charge >= 0.3 is 23.9 Å². The summed E-state index contributed by atoms with van der Waals surface area (Å²) in [4.78, 5) is 45.2. The Morgan fingerprint density at radius 1 is 1.00 bits per heavy atom. The van der Waals surface area contributed by atoms with Gasteiger partial charge in [0.05, 0.1) is 6.42 Å². The fourth-order valence-electron chi connectivity index (χ4n) is 1.40. The molecule has 106 valence electrons. The Labute approximate surface area is 108 Å². The first-order chi connectivity index (χ1) is 8.87. The number of hydrogen-bond donors (Lipinski definition) is 1. The maximum absolute atomic E-state index is 11.5. The number of methoxy groups -OCH3 is 1. The van der Waals surface area contributed by atoms with Gasteiger partial charge in [-0.2, -0.15) is 0 Å². The van der Waals surface area contributed by atoms with Crippen molar-refractivity contribution in [3.63, 3.8) is 0 Å². The molecule has 0 aromatic rings. The van der Waals surface area contributed by atoms with Crippen molar-refractivity contribution < 1.29 is 38.5 Å². The SMILES string of the molecule is COC1(O)CCC(=O)OC(=O)CCCC(=O)OC1=O. The van der Waals surface area contributed by atoms with Gasteiger partial charge in [-0.05, 0) is 6.42 Å². The molecule has 1 unspecified atom stereocenters. The van der Waals surface area contributed by atoms with Crippen LogP contribution in [0.5, 0.6) is 0 Å². The highest BCUT2D eigenvalue weighted by molar-refractivity contribution is 5.91.